The first-order chi connectivity index (χ1) is 13.0. The van der Waals surface area contributed by atoms with E-state index in [1.54, 1.807) is 11.0 Å². The first kappa shape index (κ1) is 19.7. The molecule has 1 aromatic rings. The molecule has 1 saturated carbocycles. The van der Waals surface area contributed by atoms with Gasteiger partial charge in [0.15, 0.2) is 0 Å². The summed E-state index contributed by atoms with van der Waals surface area (Å²) in [5, 5.41) is 3.65. The summed E-state index contributed by atoms with van der Waals surface area (Å²) in [7, 11) is 0. The van der Waals surface area contributed by atoms with Crippen LogP contribution in [0.5, 0.6) is 0 Å². The summed E-state index contributed by atoms with van der Waals surface area (Å²) in [5.41, 5.74) is 1.73. The third-order valence-corrected chi connectivity index (χ3v) is 5.90. The fraction of sp³-hybridized carbons (Fsp3) is 0.550. The number of anilines is 1. The maximum atomic E-state index is 12.7. The van der Waals surface area contributed by atoms with Gasteiger partial charge in [0.2, 0.25) is 18.2 Å². The van der Waals surface area contributed by atoms with E-state index in [4.69, 9.17) is 11.6 Å². The Morgan fingerprint density at radius 3 is 2.30 bits per heavy atom. The fourth-order valence-corrected chi connectivity index (χ4v) is 4.14. The summed E-state index contributed by atoms with van der Waals surface area (Å²) >= 11 is 5.96. The highest BCUT2D eigenvalue weighted by atomic mass is 35.5. The van der Waals surface area contributed by atoms with Crippen molar-refractivity contribution in [2.75, 3.05) is 31.5 Å². The number of rotatable bonds is 4. The maximum Gasteiger partial charge on any atom is 0.227 e. The van der Waals surface area contributed by atoms with Gasteiger partial charge in [-0.1, -0.05) is 11.6 Å². The van der Waals surface area contributed by atoms with Crippen LogP contribution in [-0.2, 0) is 14.4 Å². The van der Waals surface area contributed by atoms with Crippen molar-refractivity contribution in [3.63, 3.8) is 0 Å². The standard InChI is InChI=1S/C20H26ClN3O3/c1-14-12-17(21)6-7-18(14)22-19(26)15-2-4-16(5-3-15)20(27)24-10-8-23(13-25)9-11-24/h6-7,12-13,15-16H,2-5,8-11H2,1H3,(H,22,26). The number of hydrogen-bond acceptors (Lipinski definition) is 3. The van der Waals surface area contributed by atoms with Crippen LogP contribution in [0.3, 0.4) is 0 Å². The van der Waals surface area contributed by atoms with Gasteiger partial charge in [-0.05, 0) is 56.4 Å². The number of aryl methyl sites for hydroxylation is 1. The first-order valence-electron chi connectivity index (χ1n) is 9.53. The average molecular weight is 392 g/mol. The van der Waals surface area contributed by atoms with Gasteiger partial charge in [-0.25, -0.2) is 0 Å². The number of hydrogen-bond donors (Lipinski definition) is 1. The van der Waals surface area contributed by atoms with Crippen molar-refractivity contribution in [3.05, 3.63) is 28.8 Å². The van der Waals surface area contributed by atoms with Crippen molar-refractivity contribution in [1.82, 2.24) is 9.80 Å². The zero-order valence-corrected chi connectivity index (χ0v) is 16.4. The lowest BCUT2D eigenvalue weighted by atomic mass is 9.80. The zero-order chi connectivity index (χ0) is 19.4. The smallest absolute Gasteiger partial charge is 0.227 e. The second kappa shape index (κ2) is 8.74. The number of carbonyl (C=O) groups is 3. The maximum absolute atomic E-state index is 12.7. The lowest BCUT2D eigenvalue weighted by molar-refractivity contribution is -0.140. The Kier molecular flexibility index (Phi) is 6.37. The van der Waals surface area contributed by atoms with E-state index in [0.717, 1.165) is 43.3 Å². The third kappa shape index (κ3) is 4.80. The minimum atomic E-state index is -0.0592. The van der Waals surface area contributed by atoms with Crippen LogP contribution < -0.4 is 5.32 Å². The molecule has 1 aliphatic heterocycles. The Morgan fingerprint density at radius 1 is 1.07 bits per heavy atom. The molecule has 27 heavy (non-hydrogen) atoms. The first-order valence-corrected chi connectivity index (χ1v) is 9.91. The molecule has 6 nitrogen and oxygen atoms in total. The molecule has 0 unspecified atom stereocenters. The molecule has 2 fully saturated rings. The normalized spacial score (nSPS) is 23.0. The largest absolute Gasteiger partial charge is 0.342 e. The van der Waals surface area contributed by atoms with Crippen LogP contribution in [0.2, 0.25) is 5.02 Å². The summed E-state index contributed by atoms with van der Waals surface area (Å²) in [5.74, 6) is 0.129. The molecule has 0 spiro atoms. The molecule has 1 N–H and O–H groups in total. The van der Waals surface area contributed by atoms with Gasteiger partial charge in [-0.15, -0.1) is 0 Å². The molecule has 1 saturated heterocycles. The van der Waals surface area contributed by atoms with Crippen LogP contribution in [0.25, 0.3) is 0 Å². The van der Waals surface area contributed by atoms with Gasteiger partial charge in [-0.2, -0.15) is 0 Å². The Morgan fingerprint density at radius 2 is 1.70 bits per heavy atom. The molecule has 2 aliphatic rings. The number of halogens is 1. The van der Waals surface area contributed by atoms with Crippen molar-refractivity contribution in [2.24, 2.45) is 11.8 Å². The topological polar surface area (TPSA) is 69.7 Å². The Hall–Kier alpha value is -2.08. The summed E-state index contributed by atoms with van der Waals surface area (Å²) in [6.45, 7) is 4.34. The average Bonchev–Trinajstić information content (AvgIpc) is 2.69. The van der Waals surface area contributed by atoms with Gasteiger partial charge >= 0.3 is 0 Å². The molecule has 0 aromatic heterocycles. The predicted molar refractivity (Wildman–Crippen MR) is 104 cm³/mol. The summed E-state index contributed by atoms with van der Waals surface area (Å²) < 4.78 is 0. The molecule has 1 heterocycles. The van der Waals surface area contributed by atoms with Crippen LogP contribution in [-0.4, -0.2) is 54.2 Å². The summed E-state index contributed by atoms with van der Waals surface area (Å²) in [4.78, 5) is 39.6. The van der Waals surface area contributed by atoms with E-state index < -0.39 is 0 Å². The van der Waals surface area contributed by atoms with Crippen molar-refractivity contribution in [3.8, 4) is 0 Å². The molecule has 3 amide bonds. The molecular weight excluding hydrogens is 366 g/mol. The van der Waals surface area contributed by atoms with Crippen molar-refractivity contribution >= 4 is 35.5 Å². The minimum absolute atomic E-state index is 0.00546. The van der Waals surface area contributed by atoms with E-state index in [2.05, 4.69) is 5.32 Å². The van der Waals surface area contributed by atoms with E-state index in [0.29, 0.717) is 31.2 Å². The van der Waals surface area contributed by atoms with Gasteiger partial charge in [0.05, 0.1) is 0 Å². The second-order valence-corrected chi connectivity index (χ2v) is 7.90. The van der Waals surface area contributed by atoms with E-state index in [1.165, 1.54) is 0 Å². The Bertz CT molecular complexity index is 708. The molecule has 3 rings (SSSR count). The Balaban J connectivity index is 1.49. The molecular formula is C20H26ClN3O3. The summed E-state index contributed by atoms with van der Waals surface area (Å²) in [6.07, 6.45) is 3.77. The van der Waals surface area contributed by atoms with Crippen LogP contribution in [0.1, 0.15) is 31.2 Å². The Labute approximate surface area is 164 Å². The van der Waals surface area contributed by atoms with E-state index >= 15 is 0 Å². The monoisotopic (exact) mass is 391 g/mol. The minimum Gasteiger partial charge on any atom is -0.342 e. The van der Waals surface area contributed by atoms with Gasteiger partial charge in [0, 0.05) is 48.7 Å². The van der Waals surface area contributed by atoms with Gasteiger partial charge < -0.3 is 15.1 Å². The number of nitrogens with one attached hydrogen (secondary N) is 1. The highest BCUT2D eigenvalue weighted by Crippen LogP contribution is 2.31. The number of carbonyl (C=O) groups excluding carboxylic acids is 3. The van der Waals surface area contributed by atoms with E-state index in [-0.39, 0.29) is 23.7 Å². The number of benzene rings is 1. The van der Waals surface area contributed by atoms with Gasteiger partial charge in [-0.3, -0.25) is 14.4 Å². The second-order valence-electron chi connectivity index (χ2n) is 7.46. The molecule has 1 aromatic carbocycles. The molecule has 7 heteroatoms. The van der Waals surface area contributed by atoms with E-state index in [1.807, 2.05) is 24.0 Å². The number of amides is 3. The fourth-order valence-electron chi connectivity index (χ4n) is 3.91. The molecule has 1 aliphatic carbocycles. The molecule has 0 radical (unpaired) electrons. The quantitative estimate of drug-likeness (QED) is 0.802. The van der Waals surface area contributed by atoms with Crippen molar-refractivity contribution in [2.45, 2.75) is 32.6 Å². The molecule has 0 atom stereocenters. The van der Waals surface area contributed by atoms with E-state index in [9.17, 15) is 14.4 Å². The molecule has 146 valence electrons. The lowest BCUT2D eigenvalue weighted by Gasteiger charge is -2.36. The van der Waals surface area contributed by atoms with Crippen molar-refractivity contribution < 1.29 is 14.4 Å². The van der Waals surface area contributed by atoms with Crippen LogP contribution in [0, 0.1) is 18.8 Å². The number of nitrogens with zero attached hydrogens (tertiary/aromatic N) is 2. The highest BCUT2D eigenvalue weighted by molar-refractivity contribution is 6.30. The van der Waals surface area contributed by atoms with Crippen molar-refractivity contribution in [1.29, 1.82) is 0 Å². The van der Waals surface area contributed by atoms with Crippen LogP contribution in [0.15, 0.2) is 18.2 Å². The third-order valence-electron chi connectivity index (χ3n) is 5.67. The van der Waals surface area contributed by atoms with Crippen LogP contribution >= 0.6 is 11.6 Å². The predicted octanol–water partition coefficient (Wildman–Crippen LogP) is 2.69. The highest BCUT2D eigenvalue weighted by Gasteiger charge is 2.33. The molecule has 0 bridgehead atoms. The zero-order valence-electron chi connectivity index (χ0n) is 15.6. The van der Waals surface area contributed by atoms with Gasteiger partial charge in [0.1, 0.15) is 0 Å². The van der Waals surface area contributed by atoms with Crippen LogP contribution in [0.4, 0.5) is 5.69 Å². The SMILES string of the molecule is Cc1cc(Cl)ccc1NC(=O)C1CCC(C(=O)N2CCN(C=O)CC2)CC1. The van der Waals surface area contributed by atoms with Gasteiger partial charge in [0.25, 0.3) is 0 Å². The lowest BCUT2D eigenvalue weighted by Crippen LogP contribution is -2.50. The summed E-state index contributed by atoms with van der Waals surface area (Å²) in [6, 6.07) is 5.42. The number of piperazine rings is 1.